The van der Waals surface area contributed by atoms with Crippen LogP contribution >= 0.6 is 0 Å². The number of aryl methyl sites for hydroxylation is 1. The van der Waals surface area contributed by atoms with Crippen molar-refractivity contribution in [2.24, 2.45) is 0 Å². The highest BCUT2D eigenvalue weighted by Gasteiger charge is 2.21. The van der Waals surface area contributed by atoms with E-state index in [0.717, 1.165) is 5.56 Å². The average molecular weight is 315 g/mol. The summed E-state index contributed by atoms with van der Waals surface area (Å²) < 4.78 is 27.3. The lowest BCUT2D eigenvalue weighted by atomic mass is 10.1. The molecule has 0 saturated carbocycles. The molecule has 0 spiro atoms. The van der Waals surface area contributed by atoms with Crippen molar-refractivity contribution in [1.82, 2.24) is 9.88 Å². The summed E-state index contributed by atoms with van der Waals surface area (Å²) in [6.45, 7) is 1.82. The third-order valence-corrected chi connectivity index (χ3v) is 3.36. The van der Waals surface area contributed by atoms with E-state index in [1.807, 2.05) is 6.07 Å². The Hall–Kier alpha value is -2.81. The topological polar surface area (TPSA) is 57.0 Å². The summed E-state index contributed by atoms with van der Waals surface area (Å²) in [5, 5.41) is 8.74. The minimum absolute atomic E-state index is 0.119. The standard InChI is InChI=1S/C17H15F2N3O/c1-12-8-14(16(19)9-15(12)18)17(23)22(7-3-5-20)11-13-4-2-6-21-10-13/h2,4,6,8-10H,3,7,11H2,1H3. The van der Waals surface area contributed by atoms with Crippen molar-refractivity contribution in [3.05, 3.63) is 65.0 Å². The highest BCUT2D eigenvalue weighted by Crippen LogP contribution is 2.17. The summed E-state index contributed by atoms with van der Waals surface area (Å²) in [6.07, 6.45) is 3.32. The second-order valence-corrected chi connectivity index (χ2v) is 5.08. The fourth-order valence-electron chi connectivity index (χ4n) is 2.14. The zero-order valence-corrected chi connectivity index (χ0v) is 12.6. The van der Waals surface area contributed by atoms with Gasteiger partial charge in [-0.3, -0.25) is 9.78 Å². The van der Waals surface area contributed by atoms with Gasteiger partial charge in [-0.05, 0) is 30.2 Å². The van der Waals surface area contributed by atoms with Gasteiger partial charge >= 0.3 is 0 Å². The number of nitriles is 1. The molecular formula is C17H15F2N3O. The van der Waals surface area contributed by atoms with Crippen LogP contribution in [0.25, 0.3) is 0 Å². The fourth-order valence-corrected chi connectivity index (χ4v) is 2.14. The molecule has 0 aliphatic rings. The number of halogens is 2. The maximum absolute atomic E-state index is 13.9. The van der Waals surface area contributed by atoms with Gasteiger partial charge in [-0.25, -0.2) is 8.78 Å². The number of hydrogen-bond donors (Lipinski definition) is 0. The predicted molar refractivity (Wildman–Crippen MR) is 80.3 cm³/mol. The van der Waals surface area contributed by atoms with E-state index in [0.29, 0.717) is 6.07 Å². The Morgan fingerprint density at radius 3 is 2.78 bits per heavy atom. The fraction of sp³-hybridized carbons (Fsp3) is 0.235. The molecule has 0 fully saturated rings. The molecule has 0 radical (unpaired) electrons. The number of amides is 1. The Bertz CT molecular complexity index is 741. The first-order chi connectivity index (χ1) is 11.0. The lowest BCUT2D eigenvalue weighted by Crippen LogP contribution is -2.32. The van der Waals surface area contributed by atoms with Crippen LogP contribution in [0.15, 0.2) is 36.7 Å². The van der Waals surface area contributed by atoms with Gasteiger partial charge in [0.1, 0.15) is 11.6 Å². The third kappa shape index (κ3) is 4.10. The normalized spacial score (nSPS) is 10.2. The van der Waals surface area contributed by atoms with E-state index in [4.69, 9.17) is 5.26 Å². The Kier molecular flexibility index (Phi) is 5.36. The van der Waals surface area contributed by atoms with Gasteiger partial charge in [-0.15, -0.1) is 0 Å². The summed E-state index contributed by atoms with van der Waals surface area (Å²) in [4.78, 5) is 17.9. The summed E-state index contributed by atoms with van der Waals surface area (Å²) >= 11 is 0. The number of carbonyl (C=O) groups is 1. The molecular weight excluding hydrogens is 300 g/mol. The molecule has 0 unspecified atom stereocenters. The van der Waals surface area contributed by atoms with Crippen molar-refractivity contribution in [3.8, 4) is 6.07 Å². The number of rotatable bonds is 5. The van der Waals surface area contributed by atoms with Crippen LogP contribution in [-0.4, -0.2) is 22.3 Å². The molecule has 1 heterocycles. The summed E-state index contributed by atoms with van der Waals surface area (Å²) in [6, 6.07) is 7.37. The first-order valence-electron chi connectivity index (χ1n) is 7.03. The highest BCUT2D eigenvalue weighted by atomic mass is 19.1. The van der Waals surface area contributed by atoms with E-state index in [-0.39, 0.29) is 30.6 Å². The largest absolute Gasteiger partial charge is 0.333 e. The van der Waals surface area contributed by atoms with Gasteiger partial charge < -0.3 is 4.90 Å². The van der Waals surface area contributed by atoms with Crippen LogP contribution in [0.2, 0.25) is 0 Å². The molecule has 0 aliphatic heterocycles. The molecule has 0 N–H and O–H groups in total. The van der Waals surface area contributed by atoms with Crippen molar-refractivity contribution in [3.63, 3.8) is 0 Å². The molecule has 1 amide bonds. The predicted octanol–water partition coefficient (Wildman–Crippen LogP) is 3.22. The van der Waals surface area contributed by atoms with E-state index in [9.17, 15) is 13.6 Å². The van der Waals surface area contributed by atoms with E-state index in [2.05, 4.69) is 4.98 Å². The van der Waals surface area contributed by atoms with Crippen LogP contribution < -0.4 is 0 Å². The summed E-state index contributed by atoms with van der Waals surface area (Å²) in [5.74, 6) is -2.19. The van der Waals surface area contributed by atoms with E-state index in [1.165, 1.54) is 17.9 Å². The molecule has 0 saturated heterocycles. The minimum atomic E-state index is -0.911. The molecule has 0 bridgehead atoms. The van der Waals surface area contributed by atoms with Crippen LogP contribution in [-0.2, 0) is 6.54 Å². The molecule has 1 aromatic carbocycles. The maximum Gasteiger partial charge on any atom is 0.257 e. The Morgan fingerprint density at radius 1 is 1.35 bits per heavy atom. The minimum Gasteiger partial charge on any atom is -0.333 e. The van der Waals surface area contributed by atoms with Crippen molar-refractivity contribution in [2.45, 2.75) is 19.9 Å². The van der Waals surface area contributed by atoms with Crippen LogP contribution in [0.1, 0.15) is 27.9 Å². The molecule has 2 aromatic rings. The van der Waals surface area contributed by atoms with E-state index in [1.54, 1.807) is 24.5 Å². The number of pyridine rings is 1. The van der Waals surface area contributed by atoms with Crippen molar-refractivity contribution in [1.29, 1.82) is 5.26 Å². The lowest BCUT2D eigenvalue weighted by Gasteiger charge is -2.22. The number of aromatic nitrogens is 1. The third-order valence-electron chi connectivity index (χ3n) is 3.36. The molecule has 0 aliphatic carbocycles. The average Bonchev–Trinajstić information content (AvgIpc) is 2.55. The Labute approximate surface area is 133 Å². The lowest BCUT2D eigenvalue weighted by molar-refractivity contribution is 0.0741. The van der Waals surface area contributed by atoms with Crippen LogP contribution in [0, 0.1) is 29.9 Å². The van der Waals surface area contributed by atoms with Crippen LogP contribution in [0.5, 0.6) is 0 Å². The number of carbonyl (C=O) groups excluding carboxylic acids is 1. The Morgan fingerprint density at radius 2 is 2.13 bits per heavy atom. The quantitative estimate of drug-likeness (QED) is 0.851. The van der Waals surface area contributed by atoms with Gasteiger partial charge in [0.2, 0.25) is 0 Å². The molecule has 118 valence electrons. The van der Waals surface area contributed by atoms with E-state index < -0.39 is 17.5 Å². The zero-order chi connectivity index (χ0) is 16.8. The maximum atomic E-state index is 13.9. The summed E-state index contributed by atoms with van der Waals surface area (Å²) in [5.41, 5.74) is 0.750. The second-order valence-electron chi connectivity index (χ2n) is 5.08. The zero-order valence-electron chi connectivity index (χ0n) is 12.6. The van der Waals surface area contributed by atoms with Crippen LogP contribution in [0.3, 0.4) is 0 Å². The number of nitrogens with zero attached hydrogens (tertiary/aromatic N) is 3. The molecule has 0 atom stereocenters. The molecule has 1 aromatic heterocycles. The molecule has 2 rings (SSSR count). The van der Waals surface area contributed by atoms with Gasteiger partial charge in [0.25, 0.3) is 5.91 Å². The van der Waals surface area contributed by atoms with Crippen molar-refractivity contribution >= 4 is 5.91 Å². The smallest absolute Gasteiger partial charge is 0.257 e. The first kappa shape index (κ1) is 16.6. The molecule has 4 nitrogen and oxygen atoms in total. The first-order valence-corrected chi connectivity index (χ1v) is 7.03. The summed E-state index contributed by atoms with van der Waals surface area (Å²) in [7, 11) is 0. The van der Waals surface area contributed by atoms with E-state index >= 15 is 0 Å². The van der Waals surface area contributed by atoms with Gasteiger partial charge in [-0.2, -0.15) is 5.26 Å². The van der Waals surface area contributed by atoms with Gasteiger partial charge in [0.05, 0.1) is 18.1 Å². The SMILES string of the molecule is Cc1cc(C(=O)N(CCC#N)Cc2cccnc2)c(F)cc1F. The second kappa shape index (κ2) is 7.45. The number of benzene rings is 1. The van der Waals surface area contributed by atoms with Crippen molar-refractivity contribution in [2.75, 3.05) is 6.54 Å². The van der Waals surface area contributed by atoms with Gasteiger partial charge in [-0.1, -0.05) is 6.07 Å². The van der Waals surface area contributed by atoms with Crippen molar-refractivity contribution < 1.29 is 13.6 Å². The highest BCUT2D eigenvalue weighted by molar-refractivity contribution is 5.94. The van der Waals surface area contributed by atoms with Crippen LogP contribution in [0.4, 0.5) is 8.78 Å². The number of hydrogen-bond acceptors (Lipinski definition) is 3. The Balaban J connectivity index is 2.30. The monoisotopic (exact) mass is 315 g/mol. The van der Waals surface area contributed by atoms with Gasteiger partial charge in [0.15, 0.2) is 0 Å². The molecule has 23 heavy (non-hydrogen) atoms. The van der Waals surface area contributed by atoms with Gasteiger partial charge in [0, 0.05) is 31.5 Å². The molecule has 6 heteroatoms.